The Morgan fingerprint density at radius 2 is 1.68 bits per heavy atom. The molecule has 0 fully saturated rings. The second-order valence-corrected chi connectivity index (χ2v) is 4.80. The molecule has 0 bridgehead atoms. The molecule has 0 spiro atoms. The van der Waals surface area contributed by atoms with E-state index in [0.717, 1.165) is 22.1 Å². The Balaban J connectivity index is 2.31. The lowest BCUT2D eigenvalue weighted by Crippen LogP contribution is -2.03. The first-order valence-electron chi connectivity index (χ1n) is 6.26. The lowest BCUT2D eigenvalue weighted by molar-refractivity contribution is 0.563. The number of fused-ring (bicyclic) bond motifs is 1. The molecule has 1 aromatic heterocycles. The number of benzene rings is 2. The molecule has 1 heterocycles. The summed E-state index contributed by atoms with van der Waals surface area (Å²) >= 11 is 0. The number of hydrogen-bond acceptors (Lipinski definition) is 2. The molecule has 0 aliphatic heterocycles. The highest BCUT2D eigenvalue weighted by atomic mass is 16.4. The standard InChI is InChI=1S/C17H14O2/c1-11-7-8-13-10-15(17(18)19-16(13)9-11)14-6-4-3-5-12(14)2/h3-10H,1-2H3. The first-order chi connectivity index (χ1) is 9.15. The van der Waals surface area contributed by atoms with E-state index in [1.807, 2.05) is 62.4 Å². The maximum Gasteiger partial charge on any atom is 0.344 e. The van der Waals surface area contributed by atoms with Crippen LogP contribution >= 0.6 is 0 Å². The van der Waals surface area contributed by atoms with Crippen molar-refractivity contribution in [3.8, 4) is 11.1 Å². The fourth-order valence-electron chi connectivity index (χ4n) is 2.28. The first kappa shape index (κ1) is 11.7. The normalized spacial score (nSPS) is 10.8. The van der Waals surface area contributed by atoms with Gasteiger partial charge in [0.2, 0.25) is 0 Å². The Morgan fingerprint density at radius 1 is 0.895 bits per heavy atom. The molecule has 0 aliphatic rings. The van der Waals surface area contributed by atoms with Gasteiger partial charge >= 0.3 is 5.63 Å². The van der Waals surface area contributed by atoms with Gasteiger partial charge < -0.3 is 4.42 Å². The van der Waals surface area contributed by atoms with Crippen molar-refractivity contribution in [1.82, 2.24) is 0 Å². The second-order valence-electron chi connectivity index (χ2n) is 4.80. The Kier molecular flexibility index (Phi) is 2.71. The Bertz CT molecular complexity index is 813. The summed E-state index contributed by atoms with van der Waals surface area (Å²) in [5.74, 6) is 0. The van der Waals surface area contributed by atoms with Gasteiger partial charge in [-0.3, -0.25) is 0 Å². The minimum atomic E-state index is -0.285. The summed E-state index contributed by atoms with van der Waals surface area (Å²) in [6.07, 6.45) is 0. The molecule has 0 N–H and O–H groups in total. The molecule has 0 radical (unpaired) electrons. The van der Waals surface area contributed by atoms with E-state index in [4.69, 9.17) is 4.42 Å². The van der Waals surface area contributed by atoms with Gasteiger partial charge in [0.25, 0.3) is 0 Å². The molecule has 2 aromatic carbocycles. The van der Waals surface area contributed by atoms with E-state index in [1.54, 1.807) is 0 Å². The van der Waals surface area contributed by atoms with Gasteiger partial charge in [-0.2, -0.15) is 0 Å². The van der Waals surface area contributed by atoms with Crippen LogP contribution in [0.4, 0.5) is 0 Å². The van der Waals surface area contributed by atoms with Gasteiger partial charge in [-0.1, -0.05) is 36.4 Å². The highest BCUT2D eigenvalue weighted by molar-refractivity contribution is 5.82. The van der Waals surface area contributed by atoms with Crippen molar-refractivity contribution in [2.24, 2.45) is 0 Å². The van der Waals surface area contributed by atoms with Crippen LogP contribution in [0.25, 0.3) is 22.1 Å². The lowest BCUT2D eigenvalue weighted by atomic mass is 10.0. The number of rotatable bonds is 1. The fraction of sp³-hybridized carbons (Fsp3) is 0.118. The third kappa shape index (κ3) is 2.06. The fourth-order valence-corrected chi connectivity index (χ4v) is 2.28. The van der Waals surface area contributed by atoms with Crippen LogP contribution in [-0.2, 0) is 0 Å². The summed E-state index contributed by atoms with van der Waals surface area (Å²) in [5, 5.41) is 0.948. The highest BCUT2D eigenvalue weighted by Gasteiger charge is 2.09. The zero-order valence-electron chi connectivity index (χ0n) is 10.9. The monoisotopic (exact) mass is 250 g/mol. The van der Waals surface area contributed by atoms with Crippen molar-refractivity contribution < 1.29 is 4.42 Å². The van der Waals surface area contributed by atoms with Gasteiger partial charge in [-0.25, -0.2) is 4.79 Å². The van der Waals surface area contributed by atoms with Crippen molar-refractivity contribution in [3.63, 3.8) is 0 Å². The smallest absolute Gasteiger partial charge is 0.344 e. The summed E-state index contributed by atoms with van der Waals surface area (Å²) in [7, 11) is 0. The van der Waals surface area contributed by atoms with Crippen molar-refractivity contribution in [2.75, 3.05) is 0 Å². The predicted molar refractivity (Wildman–Crippen MR) is 77.4 cm³/mol. The average molecular weight is 250 g/mol. The lowest BCUT2D eigenvalue weighted by Gasteiger charge is -2.06. The van der Waals surface area contributed by atoms with E-state index >= 15 is 0 Å². The van der Waals surface area contributed by atoms with Crippen LogP contribution in [0.5, 0.6) is 0 Å². The summed E-state index contributed by atoms with van der Waals surface area (Å²) in [6, 6.07) is 15.6. The molecule has 94 valence electrons. The maximum absolute atomic E-state index is 12.1. The van der Waals surface area contributed by atoms with Gasteiger partial charge in [0.1, 0.15) is 5.58 Å². The molecule has 3 aromatic rings. The molecule has 19 heavy (non-hydrogen) atoms. The van der Waals surface area contributed by atoms with E-state index in [2.05, 4.69) is 0 Å². The molecule has 0 amide bonds. The van der Waals surface area contributed by atoms with Crippen LogP contribution < -0.4 is 5.63 Å². The average Bonchev–Trinajstić information content (AvgIpc) is 2.39. The highest BCUT2D eigenvalue weighted by Crippen LogP contribution is 2.24. The number of hydrogen-bond donors (Lipinski definition) is 0. The molecule has 3 rings (SSSR count). The van der Waals surface area contributed by atoms with E-state index in [1.165, 1.54) is 0 Å². The summed E-state index contributed by atoms with van der Waals surface area (Å²) < 4.78 is 5.43. The van der Waals surface area contributed by atoms with Crippen LogP contribution in [0, 0.1) is 13.8 Å². The van der Waals surface area contributed by atoms with E-state index < -0.39 is 0 Å². The topological polar surface area (TPSA) is 30.2 Å². The summed E-state index contributed by atoms with van der Waals surface area (Å²) in [5.41, 5.74) is 4.06. The molecule has 0 unspecified atom stereocenters. The third-order valence-corrected chi connectivity index (χ3v) is 3.33. The molecule has 0 saturated carbocycles. The first-order valence-corrected chi connectivity index (χ1v) is 6.26. The summed E-state index contributed by atoms with van der Waals surface area (Å²) in [6.45, 7) is 3.98. The Morgan fingerprint density at radius 3 is 2.47 bits per heavy atom. The van der Waals surface area contributed by atoms with Crippen molar-refractivity contribution in [2.45, 2.75) is 13.8 Å². The van der Waals surface area contributed by atoms with Crippen molar-refractivity contribution >= 4 is 11.0 Å². The minimum absolute atomic E-state index is 0.285. The van der Waals surface area contributed by atoms with E-state index in [-0.39, 0.29) is 5.63 Å². The van der Waals surface area contributed by atoms with Gasteiger partial charge in [0.15, 0.2) is 0 Å². The van der Waals surface area contributed by atoms with Gasteiger partial charge in [-0.15, -0.1) is 0 Å². The molecule has 0 aliphatic carbocycles. The van der Waals surface area contributed by atoms with Crippen LogP contribution in [0.2, 0.25) is 0 Å². The molecular weight excluding hydrogens is 236 g/mol. The van der Waals surface area contributed by atoms with E-state index in [9.17, 15) is 4.79 Å². The predicted octanol–water partition coefficient (Wildman–Crippen LogP) is 4.08. The third-order valence-electron chi connectivity index (χ3n) is 3.33. The number of aryl methyl sites for hydroxylation is 2. The second kappa shape index (κ2) is 4.39. The Hall–Kier alpha value is -2.35. The van der Waals surface area contributed by atoms with Gasteiger partial charge in [0, 0.05) is 5.39 Å². The van der Waals surface area contributed by atoms with Crippen LogP contribution in [0.15, 0.2) is 57.7 Å². The Labute approximate surface area is 111 Å². The van der Waals surface area contributed by atoms with Crippen molar-refractivity contribution in [1.29, 1.82) is 0 Å². The zero-order chi connectivity index (χ0) is 13.4. The van der Waals surface area contributed by atoms with Crippen molar-refractivity contribution in [3.05, 3.63) is 70.1 Å². The summed E-state index contributed by atoms with van der Waals surface area (Å²) in [4.78, 5) is 12.1. The SMILES string of the molecule is Cc1ccc2cc(-c3ccccc3C)c(=O)oc2c1. The van der Waals surface area contributed by atoms with Gasteiger partial charge in [0.05, 0.1) is 5.56 Å². The van der Waals surface area contributed by atoms with E-state index in [0.29, 0.717) is 11.1 Å². The zero-order valence-corrected chi connectivity index (χ0v) is 10.9. The van der Waals surface area contributed by atoms with Crippen LogP contribution in [-0.4, -0.2) is 0 Å². The molecule has 2 heteroatoms. The molecule has 0 saturated heterocycles. The maximum atomic E-state index is 12.1. The molecule has 2 nitrogen and oxygen atoms in total. The van der Waals surface area contributed by atoms with Gasteiger partial charge in [-0.05, 0) is 42.7 Å². The minimum Gasteiger partial charge on any atom is -0.422 e. The largest absolute Gasteiger partial charge is 0.422 e. The molecule has 0 atom stereocenters. The van der Waals surface area contributed by atoms with Crippen LogP contribution in [0.1, 0.15) is 11.1 Å². The van der Waals surface area contributed by atoms with Crippen LogP contribution in [0.3, 0.4) is 0 Å². The quantitative estimate of drug-likeness (QED) is 0.609. The molecular formula is C17H14O2.